The molecule has 0 radical (unpaired) electrons. The van der Waals surface area contributed by atoms with Gasteiger partial charge in [0.15, 0.2) is 0 Å². The normalized spacial score (nSPS) is 14.8. The molecule has 17 heavy (non-hydrogen) atoms. The van der Waals surface area contributed by atoms with Crippen LogP contribution < -0.4 is 0 Å². The summed E-state index contributed by atoms with van der Waals surface area (Å²) in [6.45, 7) is 15.8. The van der Waals surface area contributed by atoms with Crippen LogP contribution in [-0.2, 0) is 0 Å². The van der Waals surface area contributed by atoms with E-state index >= 15 is 0 Å². The average Bonchev–Trinajstić information content (AvgIpc) is 2.32. The third-order valence-electron chi connectivity index (χ3n) is 4.48. The molecule has 0 fully saturated rings. The van der Waals surface area contributed by atoms with Gasteiger partial charge in [-0.05, 0) is 73.9 Å². The Kier molecular flexibility index (Phi) is 4.83. The van der Waals surface area contributed by atoms with E-state index in [2.05, 4.69) is 64.4 Å². The molecule has 0 bridgehead atoms. The molecule has 0 N–H and O–H groups in total. The lowest BCUT2D eigenvalue weighted by molar-refractivity contribution is 0.552. The van der Waals surface area contributed by atoms with Crippen LogP contribution >= 0.6 is 15.9 Å². The molecule has 0 aliphatic carbocycles. The largest absolute Gasteiger partial charge is 0.0836 e. The van der Waals surface area contributed by atoms with Crippen molar-refractivity contribution in [2.24, 2.45) is 5.92 Å². The zero-order valence-corrected chi connectivity index (χ0v) is 13.8. The highest BCUT2D eigenvalue weighted by Crippen LogP contribution is 2.39. The Morgan fingerprint density at radius 1 is 0.824 bits per heavy atom. The van der Waals surface area contributed by atoms with E-state index in [1.165, 1.54) is 39.8 Å². The molecule has 0 amide bonds. The molecule has 0 aliphatic heterocycles. The molecule has 0 aliphatic rings. The zero-order valence-electron chi connectivity index (χ0n) is 12.2. The number of alkyl halides is 1. The fourth-order valence-corrected chi connectivity index (χ4v) is 3.49. The SMILES string of the molecule is CCC(C)C(Br)c1c(C)c(C)c(C)c(C)c1C. The van der Waals surface area contributed by atoms with E-state index in [1.54, 1.807) is 0 Å². The molecule has 1 rings (SSSR count). The van der Waals surface area contributed by atoms with Crippen LogP contribution in [0.2, 0.25) is 0 Å². The molecular weight excluding hydrogens is 272 g/mol. The topological polar surface area (TPSA) is 0 Å². The second-order valence-corrected chi connectivity index (χ2v) is 6.31. The summed E-state index contributed by atoms with van der Waals surface area (Å²) in [7, 11) is 0. The first-order chi connectivity index (χ1) is 7.82. The van der Waals surface area contributed by atoms with Crippen LogP contribution in [0.4, 0.5) is 0 Å². The van der Waals surface area contributed by atoms with Crippen LogP contribution in [0.3, 0.4) is 0 Å². The molecule has 0 spiro atoms. The number of rotatable bonds is 3. The van der Waals surface area contributed by atoms with Gasteiger partial charge in [0.2, 0.25) is 0 Å². The van der Waals surface area contributed by atoms with E-state index in [9.17, 15) is 0 Å². The third-order valence-corrected chi connectivity index (χ3v) is 5.84. The van der Waals surface area contributed by atoms with E-state index in [1.807, 2.05) is 0 Å². The van der Waals surface area contributed by atoms with Gasteiger partial charge in [-0.1, -0.05) is 36.2 Å². The van der Waals surface area contributed by atoms with Crippen LogP contribution in [0.25, 0.3) is 0 Å². The minimum absolute atomic E-state index is 0.477. The van der Waals surface area contributed by atoms with E-state index in [0.717, 1.165) is 0 Å². The van der Waals surface area contributed by atoms with Crippen LogP contribution in [0.1, 0.15) is 58.5 Å². The maximum absolute atomic E-state index is 3.91. The molecule has 2 unspecified atom stereocenters. The summed E-state index contributed by atoms with van der Waals surface area (Å²) in [6.07, 6.45) is 1.21. The summed E-state index contributed by atoms with van der Waals surface area (Å²) in [4.78, 5) is 0.477. The van der Waals surface area contributed by atoms with Crippen molar-refractivity contribution in [1.82, 2.24) is 0 Å². The van der Waals surface area contributed by atoms with Gasteiger partial charge in [0, 0.05) is 4.83 Å². The fraction of sp³-hybridized carbons (Fsp3) is 0.625. The summed E-state index contributed by atoms with van der Waals surface area (Å²) < 4.78 is 0. The molecule has 1 aromatic rings. The lowest BCUT2D eigenvalue weighted by atomic mass is 9.85. The van der Waals surface area contributed by atoms with Crippen molar-refractivity contribution < 1.29 is 0 Å². The van der Waals surface area contributed by atoms with Gasteiger partial charge in [-0.15, -0.1) is 0 Å². The molecule has 0 saturated carbocycles. The van der Waals surface area contributed by atoms with E-state index < -0.39 is 0 Å². The highest BCUT2D eigenvalue weighted by atomic mass is 79.9. The fourth-order valence-electron chi connectivity index (χ4n) is 2.43. The minimum atomic E-state index is 0.477. The van der Waals surface area contributed by atoms with Gasteiger partial charge in [0.1, 0.15) is 0 Å². The molecule has 1 aromatic carbocycles. The standard InChI is InChI=1S/C16H25Br/c1-8-9(2)16(17)15-13(6)11(4)10(3)12(5)14(15)7/h9,16H,8H2,1-7H3. The lowest BCUT2D eigenvalue weighted by Gasteiger charge is -2.25. The maximum Gasteiger partial charge on any atom is 0.0426 e. The Morgan fingerprint density at radius 3 is 1.53 bits per heavy atom. The van der Waals surface area contributed by atoms with Crippen LogP contribution in [0.5, 0.6) is 0 Å². The summed E-state index contributed by atoms with van der Waals surface area (Å²) in [5.74, 6) is 0.675. The van der Waals surface area contributed by atoms with Crippen LogP contribution in [0.15, 0.2) is 0 Å². The molecule has 1 heteroatoms. The first kappa shape index (κ1) is 14.8. The molecule has 0 aromatic heterocycles. The van der Waals surface area contributed by atoms with Crippen molar-refractivity contribution >= 4 is 15.9 Å². The van der Waals surface area contributed by atoms with Crippen LogP contribution in [-0.4, -0.2) is 0 Å². The highest BCUT2D eigenvalue weighted by molar-refractivity contribution is 9.09. The predicted octanol–water partition coefficient (Wildman–Crippen LogP) is 5.71. The smallest absolute Gasteiger partial charge is 0.0426 e. The van der Waals surface area contributed by atoms with Gasteiger partial charge in [-0.3, -0.25) is 0 Å². The number of hydrogen-bond donors (Lipinski definition) is 0. The second-order valence-electron chi connectivity index (χ2n) is 5.33. The Labute approximate surface area is 115 Å². The van der Waals surface area contributed by atoms with Crippen LogP contribution in [0, 0.1) is 40.5 Å². The van der Waals surface area contributed by atoms with Crippen molar-refractivity contribution in [1.29, 1.82) is 0 Å². The second kappa shape index (κ2) is 5.56. The number of hydrogen-bond acceptors (Lipinski definition) is 0. The Bertz CT molecular complexity index is 389. The Morgan fingerprint density at radius 2 is 1.18 bits per heavy atom. The molecule has 0 saturated heterocycles. The maximum atomic E-state index is 3.91. The van der Waals surface area contributed by atoms with Crippen molar-refractivity contribution in [2.75, 3.05) is 0 Å². The van der Waals surface area contributed by atoms with Gasteiger partial charge in [-0.25, -0.2) is 0 Å². The molecule has 0 heterocycles. The van der Waals surface area contributed by atoms with Gasteiger partial charge >= 0.3 is 0 Å². The van der Waals surface area contributed by atoms with E-state index in [4.69, 9.17) is 0 Å². The predicted molar refractivity (Wildman–Crippen MR) is 81.3 cm³/mol. The highest BCUT2D eigenvalue weighted by Gasteiger charge is 2.21. The van der Waals surface area contributed by atoms with Crippen molar-refractivity contribution in [2.45, 2.75) is 59.7 Å². The summed E-state index contributed by atoms with van der Waals surface area (Å²) in [6, 6.07) is 0. The quantitative estimate of drug-likeness (QED) is 0.627. The molecule has 96 valence electrons. The zero-order chi connectivity index (χ0) is 13.3. The first-order valence-electron chi connectivity index (χ1n) is 6.53. The first-order valence-corrected chi connectivity index (χ1v) is 7.45. The van der Waals surface area contributed by atoms with Gasteiger partial charge < -0.3 is 0 Å². The monoisotopic (exact) mass is 296 g/mol. The lowest BCUT2D eigenvalue weighted by Crippen LogP contribution is -2.09. The van der Waals surface area contributed by atoms with E-state index in [-0.39, 0.29) is 0 Å². The molecule has 0 nitrogen and oxygen atoms in total. The molecule has 2 atom stereocenters. The Hall–Kier alpha value is -0.300. The Balaban J connectivity index is 3.44. The van der Waals surface area contributed by atoms with Gasteiger partial charge in [0.05, 0.1) is 0 Å². The van der Waals surface area contributed by atoms with E-state index in [0.29, 0.717) is 10.7 Å². The molecular formula is C16H25Br. The van der Waals surface area contributed by atoms with Gasteiger partial charge in [-0.2, -0.15) is 0 Å². The van der Waals surface area contributed by atoms with Crippen molar-refractivity contribution in [3.63, 3.8) is 0 Å². The number of benzene rings is 1. The van der Waals surface area contributed by atoms with Crippen molar-refractivity contribution in [3.8, 4) is 0 Å². The summed E-state index contributed by atoms with van der Waals surface area (Å²) in [5.41, 5.74) is 8.81. The van der Waals surface area contributed by atoms with Crippen molar-refractivity contribution in [3.05, 3.63) is 33.4 Å². The summed E-state index contributed by atoms with van der Waals surface area (Å²) >= 11 is 3.91. The average molecular weight is 297 g/mol. The summed E-state index contributed by atoms with van der Waals surface area (Å²) in [5, 5.41) is 0. The number of halogens is 1. The minimum Gasteiger partial charge on any atom is -0.0836 e. The third kappa shape index (κ3) is 2.59. The van der Waals surface area contributed by atoms with Gasteiger partial charge in [0.25, 0.3) is 0 Å².